The Labute approximate surface area is 156 Å². The molecule has 2 saturated heterocycles. The summed E-state index contributed by atoms with van der Waals surface area (Å²) in [5, 5.41) is -0.414. The normalized spacial score (nSPS) is 26.0. The molecule has 0 unspecified atom stereocenters. The lowest BCUT2D eigenvalue weighted by atomic mass is 10.0. The van der Waals surface area contributed by atoms with Crippen LogP contribution in [-0.2, 0) is 9.84 Å². The lowest BCUT2D eigenvalue weighted by Crippen LogP contribution is -2.49. The van der Waals surface area contributed by atoms with Gasteiger partial charge in [0.1, 0.15) is 0 Å². The van der Waals surface area contributed by atoms with E-state index in [0.717, 1.165) is 12.8 Å². The maximum atomic E-state index is 12.9. The predicted octanol–water partition coefficient (Wildman–Crippen LogP) is 4.01. The Balaban J connectivity index is 1.57. The molecular weight excluding hydrogens is 378 g/mol. The van der Waals surface area contributed by atoms with E-state index >= 15 is 0 Å². The molecule has 4 rings (SSSR count). The number of halogens is 1. The fourth-order valence-electron chi connectivity index (χ4n) is 4.07. The van der Waals surface area contributed by atoms with Crippen LogP contribution in [0, 0.1) is 0 Å². The summed E-state index contributed by atoms with van der Waals surface area (Å²) in [6.45, 7) is 0. The third-order valence-corrected chi connectivity index (χ3v) is 8.63. The Morgan fingerprint density at radius 3 is 2.24 bits per heavy atom. The van der Waals surface area contributed by atoms with E-state index < -0.39 is 15.1 Å². The Bertz CT molecular complexity index is 880. The van der Waals surface area contributed by atoms with Crippen LogP contribution < -0.4 is 0 Å². The van der Waals surface area contributed by atoms with Gasteiger partial charge < -0.3 is 4.90 Å². The molecule has 2 aliphatic rings. The second kappa shape index (κ2) is 6.41. The molecule has 7 heteroatoms. The fraction of sp³-hybridized carbons (Fsp3) is 0.389. The van der Waals surface area contributed by atoms with Crippen molar-refractivity contribution in [2.75, 3.05) is 0 Å². The standard InChI is InChI=1S/C18H18ClNO3S2/c19-17-9-8-16(24-17)18(21)20-12-6-7-13(20)11-15(10-12)25(22,23)14-4-2-1-3-5-14/h1-5,8-9,12-13,15H,6-7,10-11H2/t12-,13-/m0/s1. The molecule has 25 heavy (non-hydrogen) atoms. The van der Waals surface area contributed by atoms with Crippen LogP contribution in [0.4, 0.5) is 0 Å². The molecule has 132 valence electrons. The molecule has 0 spiro atoms. The minimum atomic E-state index is -3.35. The number of nitrogens with zero attached hydrogens (tertiary/aromatic N) is 1. The van der Waals surface area contributed by atoms with E-state index in [-0.39, 0.29) is 18.0 Å². The summed E-state index contributed by atoms with van der Waals surface area (Å²) in [6.07, 6.45) is 2.77. The maximum absolute atomic E-state index is 12.9. The number of sulfone groups is 1. The number of hydrogen-bond acceptors (Lipinski definition) is 4. The maximum Gasteiger partial charge on any atom is 0.264 e. The summed E-state index contributed by atoms with van der Waals surface area (Å²) >= 11 is 7.23. The molecule has 2 atom stereocenters. The van der Waals surface area contributed by atoms with E-state index in [1.54, 1.807) is 36.4 Å². The molecule has 4 nitrogen and oxygen atoms in total. The van der Waals surface area contributed by atoms with Gasteiger partial charge in [-0.2, -0.15) is 0 Å². The summed E-state index contributed by atoms with van der Waals surface area (Å²) in [6, 6.07) is 12.1. The number of hydrogen-bond donors (Lipinski definition) is 0. The molecule has 0 radical (unpaired) electrons. The monoisotopic (exact) mass is 395 g/mol. The van der Waals surface area contributed by atoms with Gasteiger partial charge in [-0.3, -0.25) is 4.79 Å². The van der Waals surface area contributed by atoms with Gasteiger partial charge in [0.25, 0.3) is 5.91 Å². The lowest BCUT2D eigenvalue weighted by Gasteiger charge is -2.38. The zero-order chi connectivity index (χ0) is 17.6. The highest BCUT2D eigenvalue weighted by Crippen LogP contribution is 2.41. The van der Waals surface area contributed by atoms with Crippen LogP contribution in [0.1, 0.15) is 35.4 Å². The van der Waals surface area contributed by atoms with Crippen molar-refractivity contribution in [1.82, 2.24) is 4.90 Å². The lowest BCUT2D eigenvalue weighted by molar-refractivity contribution is 0.0603. The summed E-state index contributed by atoms with van der Waals surface area (Å²) in [7, 11) is -3.35. The SMILES string of the molecule is O=C(c1ccc(Cl)s1)N1[C@H]2CC[C@H]1CC(S(=O)(=O)c1ccccc1)C2. The van der Waals surface area contributed by atoms with E-state index in [0.29, 0.717) is 27.0 Å². The van der Waals surface area contributed by atoms with E-state index in [1.165, 1.54) is 11.3 Å². The number of amides is 1. The molecule has 2 aromatic rings. The highest BCUT2D eigenvalue weighted by molar-refractivity contribution is 7.92. The molecule has 2 aliphatic heterocycles. The van der Waals surface area contributed by atoms with Gasteiger partial charge in [-0.25, -0.2) is 8.42 Å². The van der Waals surface area contributed by atoms with E-state index in [1.807, 2.05) is 11.0 Å². The Hall–Kier alpha value is -1.37. The van der Waals surface area contributed by atoms with Crippen LogP contribution in [-0.4, -0.2) is 36.6 Å². The highest BCUT2D eigenvalue weighted by atomic mass is 35.5. The molecule has 0 N–H and O–H groups in total. The largest absolute Gasteiger partial charge is 0.332 e. The number of fused-ring (bicyclic) bond motifs is 2. The van der Waals surface area contributed by atoms with Gasteiger partial charge in [-0.05, 0) is 49.9 Å². The first kappa shape index (κ1) is 17.1. The number of carbonyl (C=O) groups excluding carboxylic acids is 1. The minimum absolute atomic E-state index is 0.00406. The van der Waals surface area contributed by atoms with Crippen LogP contribution in [0.25, 0.3) is 0 Å². The Kier molecular flexibility index (Phi) is 4.38. The van der Waals surface area contributed by atoms with Crippen LogP contribution in [0.3, 0.4) is 0 Å². The third-order valence-electron chi connectivity index (χ3n) is 5.22. The van der Waals surface area contributed by atoms with E-state index in [2.05, 4.69) is 0 Å². The topological polar surface area (TPSA) is 54.5 Å². The van der Waals surface area contributed by atoms with Gasteiger partial charge in [-0.15, -0.1) is 11.3 Å². The second-order valence-corrected chi connectivity index (χ2v) is 10.6. The second-order valence-electron chi connectivity index (χ2n) is 6.65. The smallest absolute Gasteiger partial charge is 0.264 e. The molecule has 0 saturated carbocycles. The molecule has 1 amide bonds. The summed E-state index contributed by atoms with van der Waals surface area (Å²) in [4.78, 5) is 15.7. The Morgan fingerprint density at radius 2 is 1.68 bits per heavy atom. The summed E-state index contributed by atoms with van der Waals surface area (Å²) < 4.78 is 26.5. The van der Waals surface area contributed by atoms with Crippen molar-refractivity contribution >= 4 is 38.7 Å². The molecule has 1 aromatic heterocycles. The third kappa shape index (κ3) is 3.00. The number of rotatable bonds is 3. The number of carbonyl (C=O) groups is 1. The van der Waals surface area contributed by atoms with Crippen LogP contribution in [0.5, 0.6) is 0 Å². The van der Waals surface area contributed by atoms with Crippen molar-refractivity contribution in [1.29, 1.82) is 0 Å². The Morgan fingerprint density at radius 1 is 1.04 bits per heavy atom. The van der Waals surface area contributed by atoms with Crippen LogP contribution in [0.2, 0.25) is 4.34 Å². The van der Waals surface area contributed by atoms with Crippen molar-refractivity contribution < 1.29 is 13.2 Å². The van der Waals surface area contributed by atoms with E-state index in [4.69, 9.17) is 11.6 Å². The molecular formula is C18H18ClNO3S2. The quantitative estimate of drug-likeness (QED) is 0.788. The molecule has 2 fully saturated rings. The minimum Gasteiger partial charge on any atom is -0.332 e. The summed E-state index contributed by atoms with van der Waals surface area (Å²) in [5.41, 5.74) is 0. The number of benzene rings is 1. The van der Waals surface area contributed by atoms with Crippen molar-refractivity contribution in [3.05, 3.63) is 51.7 Å². The molecule has 1 aromatic carbocycles. The average molecular weight is 396 g/mol. The zero-order valence-corrected chi connectivity index (χ0v) is 15.9. The number of piperidine rings is 1. The first-order chi connectivity index (χ1) is 12.0. The van der Waals surface area contributed by atoms with Gasteiger partial charge >= 0.3 is 0 Å². The molecule has 0 aliphatic carbocycles. The van der Waals surface area contributed by atoms with Crippen LogP contribution >= 0.6 is 22.9 Å². The van der Waals surface area contributed by atoms with Gasteiger partial charge in [-0.1, -0.05) is 29.8 Å². The van der Waals surface area contributed by atoms with E-state index in [9.17, 15) is 13.2 Å². The van der Waals surface area contributed by atoms with Crippen molar-refractivity contribution in [2.45, 2.75) is 47.9 Å². The molecule has 2 bridgehead atoms. The van der Waals surface area contributed by atoms with Gasteiger partial charge in [0.05, 0.1) is 19.4 Å². The van der Waals surface area contributed by atoms with Gasteiger partial charge in [0, 0.05) is 12.1 Å². The number of thiophene rings is 1. The predicted molar refractivity (Wildman–Crippen MR) is 99.0 cm³/mol. The van der Waals surface area contributed by atoms with Crippen molar-refractivity contribution in [2.24, 2.45) is 0 Å². The molecule has 3 heterocycles. The highest BCUT2D eigenvalue weighted by Gasteiger charge is 2.47. The van der Waals surface area contributed by atoms with Gasteiger partial charge in [0.2, 0.25) is 0 Å². The fourth-order valence-corrected chi connectivity index (χ4v) is 6.93. The first-order valence-corrected chi connectivity index (χ1v) is 11.1. The van der Waals surface area contributed by atoms with Crippen molar-refractivity contribution in [3.8, 4) is 0 Å². The van der Waals surface area contributed by atoms with Crippen LogP contribution in [0.15, 0.2) is 47.4 Å². The first-order valence-electron chi connectivity index (χ1n) is 8.34. The zero-order valence-electron chi connectivity index (χ0n) is 13.5. The average Bonchev–Trinajstić information content (AvgIpc) is 3.15. The van der Waals surface area contributed by atoms with Gasteiger partial charge in [0.15, 0.2) is 9.84 Å². The van der Waals surface area contributed by atoms with Crippen molar-refractivity contribution in [3.63, 3.8) is 0 Å². The summed E-state index contributed by atoms with van der Waals surface area (Å²) in [5.74, 6) is -0.0139.